The highest BCUT2D eigenvalue weighted by Gasteiger charge is 2.36. The number of nitrogens with one attached hydrogen (secondary N) is 1. The van der Waals surface area contributed by atoms with Crippen LogP contribution in [0.2, 0.25) is 0 Å². The first kappa shape index (κ1) is 23.9. The molecule has 0 radical (unpaired) electrons. The van der Waals surface area contributed by atoms with Crippen molar-refractivity contribution >= 4 is 15.7 Å². The number of benzene rings is 2. The van der Waals surface area contributed by atoms with E-state index in [1.807, 2.05) is 0 Å². The SMILES string of the molecule is COc1ccc(CNS(=O)(=O)c2cc([N+](=O)[O-])ccc2-n2cnc(C(F)(F)F)n2)c(OC)c1. The Bertz CT molecular complexity index is 1290. The van der Waals surface area contributed by atoms with Crippen LogP contribution in [0.25, 0.3) is 5.69 Å². The van der Waals surface area contributed by atoms with E-state index in [1.165, 1.54) is 20.3 Å². The number of sulfonamides is 1. The molecule has 0 bridgehead atoms. The highest BCUT2D eigenvalue weighted by Crippen LogP contribution is 2.29. The summed E-state index contributed by atoms with van der Waals surface area (Å²) in [5, 5.41) is 14.4. The summed E-state index contributed by atoms with van der Waals surface area (Å²) >= 11 is 0. The normalized spacial score (nSPS) is 11.9. The highest BCUT2D eigenvalue weighted by atomic mass is 32.2. The summed E-state index contributed by atoms with van der Waals surface area (Å²) in [6.45, 7) is -0.289. The molecule has 0 aliphatic rings. The van der Waals surface area contributed by atoms with Crippen molar-refractivity contribution in [3.63, 3.8) is 0 Å². The van der Waals surface area contributed by atoms with Gasteiger partial charge in [0.1, 0.15) is 22.7 Å². The molecule has 2 aromatic carbocycles. The molecule has 1 N–H and O–H groups in total. The quantitative estimate of drug-likeness (QED) is 0.378. The fourth-order valence-electron chi connectivity index (χ4n) is 2.78. The molecular formula is C18H16F3N5O6S. The summed E-state index contributed by atoms with van der Waals surface area (Å²) in [5.74, 6) is -0.728. The number of nitro benzene ring substituents is 1. The van der Waals surface area contributed by atoms with Gasteiger partial charge in [-0.2, -0.15) is 13.2 Å². The molecule has 0 saturated carbocycles. The molecule has 11 nitrogen and oxygen atoms in total. The van der Waals surface area contributed by atoms with Crippen LogP contribution in [0.5, 0.6) is 11.5 Å². The van der Waals surface area contributed by atoms with Crippen LogP contribution in [-0.2, 0) is 22.7 Å². The van der Waals surface area contributed by atoms with E-state index in [0.717, 1.165) is 18.2 Å². The van der Waals surface area contributed by atoms with Gasteiger partial charge in [-0.05, 0) is 12.1 Å². The molecule has 0 atom stereocenters. The van der Waals surface area contributed by atoms with Gasteiger partial charge in [0.15, 0.2) is 0 Å². The number of alkyl halides is 3. The van der Waals surface area contributed by atoms with Gasteiger partial charge < -0.3 is 9.47 Å². The van der Waals surface area contributed by atoms with Gasteiger partial charge in [0.2, 0.25) is 10.0 Å². The average molecular weight is 487 g/mol. The predicted octanol–water partition coefficient (Wildman–Crippen LogP) is 2.69. The molecule has 3 rings (SSSR count). The third kappa shape index (κ3) is 5.20. The molecule has 0 amide bonds. The number of ether oxygens (including phenoxy) is 2. The number of methoxy groups -OCH3 is 2. The third-order valence-corrected chi connectivity index (χ3v) is 5.81. The maximum absolute atomic E-state index is 13.0. The summed E-state index contributed by atoms with van der Waals surface area (Å²) in [4.78, 5) is 12.8. The Morgan fingerprint density at radius 3 is 2.45 bits per heavy atom. The molecule has 3 aromatic rings. The van der Waals surface area contributed by atoms with Gasteiger partial charge in [-0.3, -0.25) is 10.1 Å². The molecule has 0 spiro atoms. The summed E-state index contributed by atoms with van der Waals surface area (Å²) in [7, 11) is -1.66. The van der Waals surface area contributed by atoms with E-state index >= 15 is 0 Å². The molecule has 1 heterocycles. The standard InChI is InChI=1S/C18H16F3N5O6S/c1-31-13-5-3-11(15(8-13)32-2)9-23-33(29,30)16-7-12(26(27)28)4-6-14(16)25-10-22-17(24-25)18(19,20)21/h3-8,10,23H,9H2,1-2H3. The lowest BCUT2D eigenvalue weighted by molar-refractivity contribution is -0.385. The first-order chi connectivity index (χ1) is 15.5. The van der Waals surface area contributed by atoms with Crippen molar-refractivity contribution in [1.82, 2.24) is 19.5 Å². The molecule has 0 fully saturated rings. The van der Waals surface area contributed by atoms with Crippen LogP contribution >= 0.6 is 0 Å². The Hall–Kier alpha value is -3.72. The van der Waals surface area contributed by atoms with Crippen LogP contribution in [-0.4, -0.2) is 42.3 Å². The van der Waals surface area contributed by atoms with Crippen LogP contribution in [0.1, 0.15) is 11.4 Å². The summed E-state index contributed by atoms with van der Waals surface area (Å²) in [5.41, 5.74) is -0.538. The number of nitrogens with zero attached hydrogens (tertiary/aromatic N) is 4. The number of non-ortho nitro benzene ring substituents is 1. The van der Waals surface area contributed by atoms with Gasteiger partial charge in [-0.15, -0.1) is 5.10 Å². The zero-order valence-corrected chi connectivity index (χ0v) is 17.8. The topological polar surface area (TPSA) is 138 Å². The van der Waals surface area contributed by atoms with Gasteiger partial charge in [0.25, 0.3) is 11.5 Å². The van der Waals surface area contributed by atoms with Crippen molar-refractivity contribution in [1.29, 1.82) is 0 Å². The monoisotopic (exact) mass is 487 g/mol. The smallest absolute Gasteiger partial charge is 0.453 e. The second-order valence-corrected chi connectivity index (χ2v) is 8.16. The van der Waals surface area contributed by atoms with Gasteiger partial charge in [-0.25, -0.2) is 22.8 Å². The Balaban J connectivity index is 2.01. The summed E-state index contributed by atoms with van der Waals surface area (Å²) < 4.78 is 77.8. The Morgan fingerprint density at radius 2 is 1.88 bits per heavy atom. The molecule has 33 heavy (non-hydrogen) atoms. The molecule has 0 unspecified atom stereocenters. The minimum absolute atomic E-state index is 0.289. The Labute approximate surface area is 185 Å². The van der Waals surface area contributed by atoms with E-state index in [-0.39, 0.29) is 12.2 Å². The van der Waals surface area contributed by atoms with Crippen LogP contribution in [0.3, 0.4) is 0 Å². The number of nitro groups is 1. The first-order valence-electron chi connectivity index (χ1n) is 8.94. The minimum Gasteiger partial charge on any atom is -0.497 e. The Morgan fingerprint density at radius 1 is 1.15 bits per heavy atom. The van der Waals surface area contributed by atoms with Gasteiger partial charge in [0, 0.05) is 30.3 Å². The van der Waals surface area contributed by atoms with Gasteiger partial charge in [-0.1, -0.05) is 6.07 Å². The van der Waals surface area contributed by atoms with Crippen molar-refractivity contribution in [2.45, 2.75) is 17.6 Å². The van der Waals surface area contributed by atoms with Crippen molar-refractivity contribution in [2.24, 2.45) is 0 Å². The largest absolute Gasteiger partial charge is 0.497 e. The van der Waals surface area contributed by atoms with Gasteiger partial charge >= 0.3 is 6.18 Å². The molecule has 0 aliphatic heterocycles. The molecule has 15 heteroatoms. The van der Waals surface area contributed by atoms with Crippen molar-refractivity contribution in [3.8, 4) is 17.2 Å². The molecule has 0 saturated heterocycles. The van der Waals surface area contributed by atoms with Crippen LogP contribution in [0.4, 0.5) is 18.9 Å². The van der Waals surface area contributed by atoms with Gasteiger partial charge in [0.05, 0.1) is 24.8 Å². The zero-order chi connectivity index (χ0) is 24.4. The number of aromatic nitrogens is 3. The van der Waals surface area contributed by atoms with Crippen LogP contribution in [0, 0.1) is 10.1 Å². The van der Waals surface area contributed by atoms with Crippen molar-refractivity contribution in [3.05, 3.63) is 64.2 Å². The lowest BCUT2D eigenvalue weighted by atomic mass is 10.2. The maximum atomic E-state index is 13.0. The van der Waals surface area contributed by atoms with E-state index in [4.69, 9.17) is 9.47 Å². The van der Waals surface area contributed by atoms with Crippen LogP contribution < -0.4 is 14.2 Å². The van der Waals surface area contributed by atoms with E-state index in [9.17, 15) is 31.7 Å². The second-order valence-electron chi connectivity index (χ2n) is 6.42. The minimum atomic E-state index is -4.87. The molecule has 176 valence electrons. The number of hydrogen-bond donors (Lipinski definition) is 1. The maximum Gasteiger partial charge on any atom is 0.453 e. The van der Waals surface area contributed by atoms with Crippen molar-refractivity contribution < 1.29 is 36.0 Å². The predicted molar refractivity (Wildman–Crippen MR) is 107 cm³/mol. The van der Waals surface area contributed by atoms with E-state index in [0.29, 0.717) is 28.1 Å². The summed E-state index contributed by atoms with van der Waals surface area (Å²) in [6.07, 6.45) is -4.20. The fraction of sp³-hybridized carbons (Fsp3) is 0.222. The lowest BCUT2D eigenvalue weighted by Crippen LogP contribution is -2.25. The number of rotatable bonds is 8. The third-order valence-electron chi connectivity index (χ3n) is 4.38. The molecule has 1 aromatic heterocycles. The number of halogens is 3. The second kappa shape index (κ2) is 9.03. The van der Waals surface area contributed by atoms with E-state index in [1.54, 1.807) is 12.1 Å². The Kier molecular flexibility index (Phi) is 6.55. The average Bonchev–Trinajstić information content (AvgIpc) is 3.28. The van der Waals surface area contributed by atoms with E-state index < -0.39 is 37.5 Å². The highest BCUT2D eigenvalue weighted by molar-refractivity contribution is 7.89. The summed E-state index contributed by atoms with van der Waals surface area (Å²) in [6, 6.07) is 7.26. The van der Waals surface area contributed by atoms with E-state index in [2.05, 4.69) is 14.8 Å². The molecular weight excluding hydrogens is 471 g/mol. The first-order valence-corrected chi connectivity index (χ1v) is 10.4. The number of hydrogen-bond acceptors (Lipinski definition) is 8. The van der Waals surface area contributed by atoms with Crippen molar-refractivity contribution in [2.75, 3.05) is 14.2 Å². The fourth-order valence-corrected chi connectivity index (χ4v) is 3.99. The molecule has 0 aliphatic carbocycles. The lowest BCUT2D eigenvalue weighted by Gasteiger charge is -2.13. The zero-order valence-electron chi connectivity index (χ0n) is 17.0. The van der Waals surface area contributed by atoms with Crippen LogP contribution in [0.15, 0.2) is 47.6 Å².